The molecule has 1 fully saturated rings. The van der Waals surface area contributed by atoms with E-state index in [0.29, 0.717) is 25.4 Å². The number of nitrogens with one attached hydrogen (secondary N) is 3. The van der Waals surface area contributed by atoms with Crippen LogP contribution in [0.25, 0.3) is 0 Å². The lowest BCUT2D eigenvalue weighted by Crippen LogP contribution is -3.11. The summed E-state index contributed by atoms with van der Waals surface area (Å²) in [5, 5.41) is 5.67. The summed E-state index contributed by atoms with van der Waals surface area (Å²) in [7, 11) is 0. The molecule has 7 heteroatoms. The van der Waals surface area contributed by atoms with Gasteiger partial charge in [-0.2, -0.15) is 0 Å². The first-order chi connectivity index (χ1) is 14.1. The van der Waals surface area contributed by atoms with E-state index in [4.69, 9.17) is 9.47 Å². The summed E-state index contributed by atoms with van der Waals surface area (Å²) in [4.78, 5) is 25.0. The van der Waals surface area contributed by atoms with Gasteiger partial charge < -0.3 is 25.0 Å². The molecule has 1 unspecified atom stereocenters. The lowest BCUT2D eigenvalue weighted by atomic mass is 10.0. The quantitative estimate of drug-likeness (QED) is 0.720. The van der Waals surface area contributed by atoms with Crippen molar-refractivity contribution in [3.63, 3.8) is 0 Å². The molecule has 2 heterocycles. The third-order valence-corrected chi connectivity index (χ3v) is 5.33. The van der Waals surface area contributed by atoms with E-state index in [1.165, 1.54) is 17.4 Å². The molecular weight excluding hydrogens is 370 g/mol. The standard InChI is InChI=1S/C22H25N3O4/c1-15(26)23-17-5-7-18(8-6-17)24-22(27)14-25-10-2-3-19(25)16-4-9-20-21(13-16)29-12-11-28-20/h4-9,13,19H,2-3,10-12,14H2,1H3,(H,23,26)(H,24,27)/p+1/t19-/m0/s1. The molecule has 2 aromatic rings. The topological polar surface area (TPSA) is 81.1 Å². The van der Waals surface area contributed by atoms with Gasteiger partial charge in [0, 0.05) is 36.7 Å². The van der Waals surface area contributed by atoms with E-state index in [9.17, 15) is 9.59 Å². The molecule has 29 heavy (non-hydrogen) atoms. The molecule has 2 aliphatic rings. The highest BCUT2D eigenvalue weighted by Gasteiger charge is 2.32. The van der Waals surface area contributed by atoms with E-state index < -0.39 is 0 Å². The van der Waals surface area contributed by atoms with Gasteiger partial charge in [-0.15, -0.1) is 0 Å². The van der Waals surface area contributed by atoms with E-state index in [1.54, 1.807) is 24.3 Å². The Morgan fingerprint density at radius 1 is 1.00 bits per heavy atom. The first kappa shape index (κ1) is 19.3. The Kier molecular flexibility index (Phi) is 5.67. The molecule has 0 aromatic heterocycles. The number of fused-ring (bicyclic) bond motifs is 1. The van der Waals surface area contributed by atoms with Crippen LogP contribution in [-0.2, 0) is 9.59 Å². The number of carbonyl (C=O) groups excluding carboxylic acids is 2. The van der Waals surface area contributed by atoms with Gasteiger partial charge in [-0.3, -0.25) is 9.59 Å². The SMILES string of the molecule is CC(=O)Nc1ccc(NC(=O)C[NH+]2CCC[C@H]2c2ccc3c(c2)OCCO3)cc1. The van der Waals surface area contributed by atoms with Gasteiger partial charge in [-0.05, 0) is 42.5 Å². The molecule has 2 atom stereocenters. The van der Waals surface area contributed by atoms with Crippen molar-refractivity contribution in [3.05, 3.63) is 48.0 Å². The predicted octanol–water partition coefficient (Wildman–Crippen LogP) is 1.77. The van der Waals surface area contributed by atoms with Crippen LogP contribution in [0.3, 0.4) is 0 Å². The molecule has 2 aliphatic heterocycles. The smallest absolute Gasteiger partial charge is 0.279 e. The van der Waals surface area contributed by atoms with Crippen LogP contribution in [0.1, 0.15) is 31.4 Å². The highest BCUT2D eigenvalue weighted by atomic mass is 16.6. The number of quaternary nitrogens is 1. The molecule has 2 aromatic carbocycles. The fraction of sp³-hybridized carbons (Fsp3) is 0.364. The molecule has 1 saturated heterocycles. The Labute approximate surface area is 170 Å². The largest absolute Gasteiger partial charge is 0.486 e. The van der Waals surface area contributed by atoms with E-state index in [2.05, 4.69) is 22.8 Å². The van der Waals surface area contributed by atoms with Crippen molar-refractivity contribution in [2.45, 2.75) is 25.8 Å². The zero-order valence-electron chi connectivity index (χ0n) is 16.5. The lowest BCUT2D eigenvalue weighted by Gasteiger charge is -2.24. The van der Waals surface area contributed by atoms with Crippen LogP contribution in [0.5, 0.6) is 11.5 Å². The number of rotatable bonds is 5. The molecule has 0 radical (unpaired) electrons. The third kappa shape index (κ3) is 4.68. The molecular formula is C22H26N3O4+. The van der Waals surface area contributed by atoms with Gasteiger partial charge in [0.25, 0.3) is 5.91 Å². The first-order valence-electron chi connectivity index (χ1n) is 10.00. The number of ether oxygens (including phenoxy) is 2. The second-order valence-corrected chi connectivity index (χ2v) is 7.49. The summed E-state index contributed by atoms with van der Waals surface area (Å²) in [5.41, 5.74) is 2.62. The van der Waals surface area contributed by atoms with E-state index in [0.717, 1.165) is 36.6 Å². The second-order valence-electron chi connectivity index (χ2n) is 7.49. The Morgan fingerprint density at radius 2 is 1.69 bits per heavy atom. The summed E-state index contributed by atoms with van der Waals surface area (Å²) in [6.45, 7) is 3.99. The van der Waals surface area contributed by atoms with Crippen molar-refractivity contribution in [3.8, 4) is 11.5 Å². The van der Waals surface area contributed by atoms with E-state index in [-0.39, 0.29) is 17.9 Å². The fourth-order valence-electron chi connectivity index (χ4n) is 4.05. The summed E-state index contributed by atoms with van der Waals surface area (Å²) in [6.07, 6.45) is 2.14. The van der Waals surface area contributed by atoms with Gasteiger partial charge >= 0.3 is 0 Å². The molecule has 0 saturated carbocycles. The Hall–Kier alpha value is -3.06. The van der Waals surface area contributed by atoms with E-state index in [1.807, 2.05) is 6.07 Å². The lowest BCUT2D eigenvalue weighted by molar-refractivity contribution is -0.910. The average molecular weight is 396 g/mol. The molecule has 0 aliphatic carbocycles. The number of benzene rings is 2. The summed E-state index contributed by atoms with van der Waals surface area (Å²) in [6, 6.07) is 13.5. The highest BCUT2D eigenvalue weighted by molar-refractivity contribution is 5.92. The predicted molar refractivity (Wildman–Crippen MR) is 109 cm³/mol. The Morgan fingerprint density at radius 3 is 2.41 bits per heavy atom. The minimum absolute atomic E-state index is 0.0169. The highest BCUT2D eigenvalue weighted by Crippen LogP contribution is 2.33. The van der Waals surface area contributed by atoms with Crippen LogP contribution in [0.15, 0.2) is 42.5 Å². The first-order valence-corrected chi connectivity index (χ1v) is 10.00. The molecule has 152 valence electrons. The second kappa shape index (κ2) is 8.53. The molecule has 0 bridgehead atoms. The number of carbonyl (C=O) groups is 2. The molecule has 3 N–H and O–H groups in total. The van der Waals surface area contributed by atoms with Crippen LogP contribution < -0.4 is 25.0 Å². The van der Waals surface area contributed by atoms with Crippen molar-refractivity contribution >= 4 is 23.2 Å². The van der Waals surface area contributed by atoms with Crippen LogP contribution in [0.4, 0.5) is 11.4 Å². The minimum Gasteiger partial charge on any atom is -0.486 e. The van der Waals surface area contributed by atoms with Gasteiger partial charge in [0.15, 0.2) is 18.0 Å². The summed E-state index contributed by atoms with van der Waals surface area (Å²) < 4.78 is 11.3. The number of hydrogen-bond donors (Lipinski definition) is 3. The number of anilines is 2. The number of hydrogen-bond acceptors (Lipinski definition) is 4. The normalized spacial score (nSPS) is 20.2. The maximum atomic E-state index is 12.6. The Balaban J connectivity index is 1.38. The molecule has 0 spiro atoms. The van der Waals surface area contributed by atoms with Crippen molar-refractivity contribution < 1.29 is 24.0 Å². The van der Waals surface area contributed by atoms with Crippen molar-refractivity contribution in [2.24, 2.45) is 0 Å². The molecule has 7 nitrogen and oxygen atoms in total. The maximum Gasteiger partial charge on any atom is 0.279 e. The Bertz CT molecular complexity index is 897. The minimum atomic E-state index is -0.121. The van der Waals surface area contributed by atoms with Crippen molar-refractivity contribution in [1.82, 2.24) is 0 Å². The number of amides is 2. The fourth-order valence-corrected chi connectivity index (χ4v) is 4.05. The summed E-state index contributed by atoms with van der Waals surface area (Å²) >= 11 is 0. The third-order valence-electron chi connectivity index (χ3n) is 5.33. The van der Waals surface area contributed by atoms with Gasteiger partial charge in [0.1, 0.15) is 19.3 Å². The monoisotopic (exact) mass is 396 g/mol. The zero-order valence-corrected chi connectivity index (χ0v) is 16.5. The van der Waals surface area contributed by atoms with Crippen LogP contribution >= 0.6 is 0 Å². The van der Waals surface area contributed by atoms with Gasteiger partial charge in [-0.25, -0.2) is 0 Å². The van der Waals surface area contributed by atoms with Crippen LogP contribution in [0.2, 0.25) is 0 Å². The van der Waals surface area contributed by atoms with Gasteiger partial charge in [-0.1, -0.05) is 0 Å². The van der Waals surface area contributed by atoms with Crippen LogP contribution in [0, 0.1) is 0 Å². The maximum absolute atomic E-state index is 12.6. The van der Waals surface area contributed by atoms with Crippen LogP contribution in [-0.4, -0.2) is 38.1 Å². The molecule has 4 rings (SSSR count). The van der Waals surface area contributed by atoms with E-state index >= 15 is 0 Å². The van der Waals surface area contributed by atoms with Gasteiger partial charge in [0.2, 0.25) is 5.91 Å². The van der Waals surface area contributed by atoms with Gasteiger partial charge in [0.05, 0.1) is 6.54 Å². The molecule has 2 amide bonds. The van der Waals surface area contributed by atoms with Crippen molar-refractivity contribution in [1.29, 1.82) is 0 Å². The van der Waals surface area contributed by atoms with Crippen molar-refractivity contribution in [2.75, 3.05) is 36.9 Å². The summed E-state index contributed by atoms with van der Waals surface area (Å²) in [5.74, 6) is 1.45. The zero-order chi connectivity index (χ0) is 20.2. The number of likely N-dealkylation sites (tertiary alicyclic amines) is 1. The average Bonchev–Trinajstić information content (AvgIpc) is 3.16.